The van der Waals surface area contributed by atoms with Crippen LogP contribution in [0.4, 0.5) is 5.69 Å². The summed E-state index contributed by atoms with van der Waals surface area (Å²) in [6, 6.07) is 27.4. The van der Waals surface area contributed by atoms with Crippen molar-refractivity contribution in [3.05, 3.63) is 101 Å². The lowest BCUT2D eigenvalue weighted by Gasteiger charge is -2.21. The molecule has 0 aliphatic rings. The lowest BCUT2D eigenvalue weighted by Crippen LogP contribution is -2.92. The number of anilines is 1. The number of carbonyl (C=O) groups excluding carboxylic acids is 1. The monoisotopic (exact) mass is 370 g/mol. The average molecular weight is 370 g/mol. The molecule has 0 saturated carbocycles. The maximum Gasteiger partial charge on any atom is 0.282 e. The van der Waals surface area contributed by atoms with Gasteiger partial charge >= 0.3 is 0 Å². The van der Waals surface area contributed by atoms with Crippen LogP contribution in [-0.4, -0.2) is 11.9 Å². The van der Waals surface area contributed by atoms with Gasteiger partial charge in [0.1, 0.15) is 12.1 Å². The fourth-order valence-corrected chi connectivity index (χ4v) is 3.16. The fourth-order valence-electron chi connectivity index (χ4n) is 3.16. The normalized spacial score (nSPS) is 12.6. The van der Waals surface area contributed by atoms with Crippen molar-refractivity contribution >= 4 is 11.6 Å². The van der Waals surface area contributed by atoms with Crippen LogP contribution in [0.15, 0.2) is 78.9 Å². The minimum atomic E-state index is -0.335. The van der Waals surface area contributed by atoms with E-state index in [1.807, 2.05) is 31.2 Å². The molecule has 3 rings (SSSR count). The Morgan fingerprint density at radius 2 is 1.54 bits per heavy atom. The van der Waals surface area contributed by atoms with Crippen LogP contribution in [0, 0.1) is 18.3 Å². The van der Waals surface area contributed by atoms with Gasteiger partial charge in [-0.2, -0.15) is 5.26 Å². The van der Waals surface area contributed by atoms with Gasteiger partial charge < -0.3 is 10.6 Å². The van der Waals surface area contributed by atoms with Crippen molar-refractivity contribution < 1.29 is 10.1 Å². The topological polar surface area (TPSA) is 69.5 Å². The summed E-state index contributed by atoms with van der Waals surface area (Å²) >= 11 is 0. The number of nitrogens with two attached hydrogens (primary N) is 1. The lowest BCUT2D eigenvalue weighted by atomic mass is 9.97. The van der Waals surface area contributed by atoms with Gasteiger partial charge in [0.05, 0.1) is 11.3 Å². The van der Waals surface area contributed by atoms with Gasteiger partial charge in [0.25, 0.3) is 5.91 Å². The summed E-state index contributed by atoms with van der Waals surface area (Å²) in [4.78, 5) is 12.8. The van der Waals surface area contributed by atoms with Crippen LogP contribution in [0.1, 0.15) is 35.2 Å². The lowest BCUT2D eigenvalue weighted by molar-refractivity contribution is -0.704. The molecule has 3 aromatic rings. The Hall–Kier alpha value is -3.42. The smallest absolute Gasteiger partial charge is 0.282 e. The van der Waals surface area contributed by atoms with Crippen LogP contribution >= 0.6 is 0 Å². The molecular weight excluding hydrogens is 346 g/mol. The molecule has 3 aromatic carbocycles. The summed E-state index contributed by atoms with van der Waals surface area (Å²) in [6.07, 6.45) is 0. The number of rotatable bonds is 6. The van der Waals surface area contributed by atoms with Crippen molar-refractivity contribution in [2.75, 3.05) is 5.32 Å². The number of benzene rings is 3. The van der Waals surface area contributed by atoms with Gasteiger partial charge in [-0.05, 0) is 26.0 Å². The predicted octanol–water partition coefficient (Wildman–Crippen LogP) is 3.55. The number of amides is 1. The third-order valence-electron chi connectivity index (χ3n) is 4.80. The Morgan fingerprint density at radius 1 is 0.929 bits per heavy atom. The van der Waals surface area contributed by atoms with Gasteiger partial charge in [-0.1, -0.05) is 72.3 Å². The van der Waals surface area contributed by atoms with Gasteiger partial charge in [-0.15, -0.1) is 0 Å². The molecule has 0 aliphatic carbocycles. The zero-order valence-electron chi connectivity index (χ0n) is 16.1. The molecule has 0 bridgehead atoms. The second-order valence-corrected chi connectivity index (χ2v) is 6.93. The number of hydrogen-bond acceptors (Lipinski definition) is 2. The van der Waals surface area contributed by atoms with Crippen LogP contribution < -0.4 is 10.6 Å². The first kappa shape index (κ1) is 19.3. The molecule has 0 spiro atoms. The Morgan fingerprint density at radius 3 is 2.21 bits per heavy atom. The van der Waals surface area contributed by atoms with E-state index in [0.29, 0.717) is 11.3 Å². The van der Waals surface area contributed by atoms with E-state index in [9.17, 15) is 10.1 Å². The third-order valence-corrected chi connectivity index (χ3v) is 4.80. The predicted molar refractivity (Wildman–Crippen MR) is 111 cm³/mol. The van der Waals surface area contributed by atoms with Gasteiger partial charge in [-0.3, -0.25) is 4.79 Å². The molecule has 140 valence electrons. The Labute approximate surface area is 165 Å². The van der Waals surface area contributed by atoms with Crippen molar-refractivity contribution in [1.82, 2.24) is 0 Å². The van der Waals surface area contributed by atoms with E-state index in [2.05, 4.69) is 60.0 Å². The molecule has 0 fully saturated rings. The highest BCUT2D eigenvalue weighted by molar-refractivity contribution is 5.94. The first-order chi connectivity index (χ1) is 13.6. The van der Waals surface area contributed by atoms with Crippen molar-refractivity contribution in [1.29, 1.82) is 5.26 Å². The number of nitriles is 1. The Bertz CT molecular complexity index is 975. The van der Waals surface area contributed by atoms with E-state index >= 15 is 0 Å². The highest BCUT2D eigenvalue weighted by Gasteiger charge is 2.25. The van der Waals surface area contributed by atoms with E-state index in [-0.39, 0.29) is 18.0 Å². The first-order valence-corrected chi connectivity index (χ1v) is 9.35. The zero-order valence-corrected chi connectivity index (χ0v) is 16.1. The summed E-state index contributed by atoms with van der Waals surface area (Å²) in [5.74, 6) is -0.129. The van der Waals surface area contributed by atoms with Crippen molar-refractivity contribution in [3.8, 4) is 6.07 Å². The summed E-state index contributed by atoms with van der Waals surface area (Å²) in [5.41, 5.74) is 4.50. The van der Waals surface area contributed by atoms with Crippen LogP contribution in [0.2, 0.25) is 0 Å². The van der Waals surface area contributed by atoms with E-state index in [1.54, 1.807) is 18.2 Å². The molecule has 4 heteroatoms. The van der Waals surface area contributed by atoms with Crippen LogP contribution in [0.5, 0.6) is 0 Å². The fraction of sp³-hybridized carbons (Fsp3) is 0.167. The molecule has 2 atom stereocenters. The molecule has 4 nitrogen and oxygen atoms in total. The van der Waals surface area contributed by atoms with E-state index < -0.39 is 0 Å². The molecule has 0 heterocycles. The van der Waals surface area contributed by atoms with Crippen LogP contribution in [0.25, 0.3) is 0 Å². The standard InChI is InChI=1S/C24H23N3O/c1-17-12-14-20(15-13-17)23(19-8-4-3-5-9-19)26-18(2)24(28)27-22-11-7-6-10-21(22)16-25/h3-15,18,23,26H,1-2H3,(H,27,28)/p+1/t18-,23+/m0/s1. The molecule has 3 N–H and O–H groups in total. The largest absolute Gasteiger partial charge is 0.326 e. The van der Waals surface area contributed by atoms with Crippen molar-refractivity contribution in [3.63, 3.8) is 0 Å². The maximum absolute atomic E-state index is 12.8. The Kier molecular flexibility index (Phi) is 6.21. The van der Waals surface area contributed by atoms with Gasteiger partial charge in [0.2, 0.25) is 0 Å². The average Bonchev–Trinajstić information content (AvgIpc) is 2.73. The number of aryl methyl sites for hydroxylation is 1. The minimum Gasteiger partial charge on any atom is -0.326 e. The second-order valence-electron chi connectivity index (χ2n) is 6.93. The second kappa shape index (κ2) is 8.98. The van der Waals surface area contributed by atoms with Crippen LogP contribution in [0.3, 0.4) is 0 Å². The SMILES string of the molecule is Cc1ccc([C@H]([NH2+][C@@H](C)C(=O)Nc2ccccc2C#N)c2ccccc2)cc1. The highest BCUT2D eigenvalue weighted by Crippen LogP contribution is 2.19. The molecule has 1 amide bonds. The number of para-hydroxylation sites is 1. The van der Waals surface area contributed by atoms with Gasteiger partial charge in [0.15, 0.2) is 6.04 Å². The molecule has 0 aliphatic heterocycles. The van der Waals surface area contributed by atoms with Gasteiger partial charge in [0, 0.05) is 11.1 Å². The number of nitrogens with one attached hydrogen (secondary N) is 1. The maximum atomic E-state index is 12.8. The molecular formula is C24H24N3O+. The number of carbonyl (C=O) groups is 1. The van der Waals surface area contributed by atoms with E-state index in [1.165, 1.54) is 5.56 Å². The molecule has 0 aromatic heterocycles. The summed E-state index contributed by atoms with van der Waals surface area (Å²) in [7, 11) is 0. The Balaban J connectivity index is 1.81. The number of hydrogen-bond donors (Lipinski definition) is 2. The van der Waals surface area contributed by atoms with Crippen LogP contribution in [-0.2, 0) is 4.79 Å². The van der Waals surface area contributed by atoms with E-state index in [4.69, 9.17) is 0 Å². The first-order valence-electron chi connectivity index (χ1n) is 9.35. The molecule has 0 saturated heterocycles. The van der Waals surface area contributed by atoms with Crippen molar-refractivity contribution in [2.24, 2.45) is 0 Å². The number of quaternary nitrogens is 1. The molecule has 28 heavy (non-hydrogen) atoms. The number of nitrogens with zero attached hydrogens (tertiary/aromatic N) is 1. The molecule has 0 radical (unpaired) electrons. The quantitative estimate of drug-likeness (QED) is 0.697. The van der Waals surface area contributed by atoms with Gasteiger partial charge in [-0.25, -0.2) is 0 Å². The summed E-state index contributed by atoms with van der Waals surface area (Å²) in [6.45, 7) is 3.95. The third kappa shape index (κ3) is 4.64. The molecule has 0 unspecified atom stereocenters. The zero-order chi connectivity index (χ0) is 19.9. The van der Waals surface area contributed by atoms with Crippen molar-refractivity contribution in [2.45, 2.75) is 25.9 Å². The highest BCUT2D eigenvalue weighted by atomic mass is 16.2. The summed E-state index contributed by atoms with van der Waals surface area (Å²) < 4.78 is 0. The minimum absolute atomic E-state index is 0.00811. The summed E-state index contributed by atoms with van der Waals surface area (Å²) in [5, 5.41) is 14.2. The van der Waals surface area contributed by atoms with E-state index in [0.717, 1.165) is 11.1 Å².